The first-order valence-electron chi connectivity index (χ1n) is 6.58. The molecule has 0 bridgehead atoms. The second-order valence-corrected chi connectivity index (χ2v) is 4.90. The summed E-state index contributed by atoms with van der Waals surface area (Å²) in [5.74, 6) is 0.422. The van der Waals surface area contributed by atoms with Crippen LogP contribution in [-0.4, -0.2) is 24.4 Å². The Hall–Kier alpha value is -1.97. The van der Waals surface area contributed by atoms with Gasteiger partial charge in [-0.15, -0.1) is 0 Å². The summed E-state index contributed by atoms with van der Waals surface area (Å²) >= 11 is 0. The number of pyridine rings is 1. The van der Waals surface area contributed by atoms with Crippen molar-refractivity contribution in [2.45, 2.75) is 19.3 Å². The maximum absolute atomic E-state index is 13.2. The minimum Gasteiger partial charge on any atom is -0.356 e. The SMILES string of the molecule is O=Cc1cc2cc(F)ccc2nc1N1CCCCC1. The fourth-order valence-electron chi connectivity index (χ4n) is 2.60. The predicted octanol–water partition coefficient (Wildman–Crippen LogP) is 3.18. The molecule has 0 amide bonds. The van der Waals surface area contributed by atoms with Crippen LogP contribution in [0.5, 0.6) is 0 Å². The molecule has 0 N–H and O–H groups in total. The molecule has 2 heterocycles. The number of anilines is 1. The summed E-state index contributed by atoms with van der Waals surface area (Å²) in [5, 5.41) is 0.669. The van der Waals surface area contributed by atoms with Crippen molar-refractivity contribution in [3.63, 3.8) is 0 Å². The zero-order chi connectivity index (χ0) is 13.2. The highest BCUT2D eigenvalue weighted by atomic mass is 19.1. The van der Waals surface area contributed by atoms with Crippen LogP contribution in [-0.2, 0) is 0 Å². The number of fused-ring (bicyclic) bond motifs is 1. The molecule has 0 saturated carbocycles. The van der Waals surface area contributed by atoms with Gasteiger partial charge in [-0.3, -0.25) is 4.79 Å². The van der Waals surface area contributed by atoms with Gasteiger partial charge in [0.25, 0.3) is 0 Å². The number of nitrogens with zero attached hydrogens (tertiary/aromatic N) is 2. The van der Waals surface area contributed by atoms with Crippen LogP contribution in [0.25, 0.3) is 10.9 Å². The van der Waals surface area contributed by atoms with Gasteiger partial charge in [0.1, 0.15) is 11.6 Å². The molecular weight excluding hydrogens is 243 g/mol. The van der Waals surface area contributed by atoms with Crippen molar-refractivity contribution in [1.82, 2.24) is 4.98 Å². The quantitative estimate of drug-likeness (QED) is 0.776. The molecule has 1 aliphatic heterocycles. The number of rotatable bonds is 2. The molecule has 0 aliphatic carbocycles. The van der Waals surface area contributed by atoms with E-state index in [2.05, 4.69) is 9.88 Å². The van der Waals surface area contributed by atoms with Gasteiger partial charge in [-0.05, 0) is 43.5 Å². The maximum atomic E-state index is 13.2. The smallest absolute Gasteiger partial charge is 0.153 e. The van der Waals surface area contributed by atoms with E-state index < -0.39 is 0 Å². The molecule has 0 spiro atoms. The van der Waals surface area contributed by atoms with Gasteiger partial charge in [0.15, 0.2) is 6.29 Å². The average Bonchev–Trinajstić information content (AvgIpc) is 2.46. The third-order valence-electron chi connectivity index (χ3n) is 3.57. The summed E-state index contributed by atoms with van der Waals surface area (Å²) in [6, 6.07) is 6.19. The molecular formula is C15H15FN2O. The van der Waals surface area contributed by atoms with E-state index in [0.717, 1.165) is 43.6 Å². The van der Waals surface area contributed by atoms with Gasteiger partial charge in [-0.2, -0.15) is 0 Å². The molecule has 19 heavy (non-hydrogen) atoms. The van der Waals surface area contributed by atoms with Crippen LogP contribution in [0.4, 0.5) is 10.2 Å². The summed E-state index contributed by atoms with van der Waals surface area (Å²) < 4.78 is 13.2. The van der Waals surface area contributed by atoms with Crippen molar-refractivity contribution in [3.05, 3.63) is 35.6 Å². The summed E-state index contributed by atoms with van der Waals surface area (Å²) in [7, 11) is 0. The van der Waals surface area contributed by atoms with Crippen molar-refractivity contribution >= 4 is 23.0 Å². The average molecular weight is 258 g/mol. The number of piperidine rings is 1. The molecule has 1 aromatic carbocycles. The zero-order valence-electron chi connectivity index (χ0n) is 10.6. The van der Waals surface area contributed by atoms with Gasteiger partial charge in [0, 0.05) is 18.5 Å². The molecule has 1 aromatic heterocycles. The Bertz CT molecular complexity index is 621. The first-order chi connectivity index (χ1) is 9.28. The lowest BCUT2D eigenvalue weighted by Gasteiger charge is -2.28. The van der Waals surface area contributed by atoms with Gasteiger partial charge >= 0.3 is 0 Å². The highest BCUT2D eigenvalue weighted by Gasteiger charge is 2.16. The highest BCUT2D eigenvalue weighted by molar-refractivity contribution is 5.91. The van der Waals surface area contributed by atoms with Crippen molar-refractivity contribution < 1.29 is 9.18 Å². The van der Waals surface area contributed by atoms with Crippen LogP contribution in [0.3, 0.4) is 0 Å². The Balaban J connectivity index is 2.11. The lowest BCUT2D eigenvalue weighted by atomic mass is 10.1. The Labute approximate surface area is 111 Å². The van der Waals surface area contributed by atoms with E-state index in [1.807, 2.05) is 0 Å². The number of aldehydes is 1. The molecule has 1 aliphatic rings. The van der Waals surface area contributed by atoms with E-state index in [4.69, 9.17) is 0 Å². The van der Waals surface area contributed by atoms with Crippen LogP contribution >= 0.6 is 0 Å². The summed E-state index contributed by atoms with van der Waals surface area (Å²) in [6.45, 7) is 1.86. The summed E-state index contributed by atoms with van der Waals surface area (Å²) in [5.41, 5.74) is 1.27. The maximum Gasteiger partial charge on any atom is 0.153 e. The number of carbonyl (C=O) groups excluding carboxylic acids is 1. The molecule has 2 aromatic rings. The Morgan fingerprint density at radius 2 is 1.95 bits per heavy atom. The van der Waals surface area contributed by atoms with Gasteiger partial charge in [-0.1, -0.05) is 0 Å². The van der Waals surface area contributed by atoms with Crippen molar-refractivity contribution in [1.29, 1.82) is 0 Å². The van der Waals surface area contributed by atoms with Crippen LogP contribution in [0, 0.1) is 5.82 Å². The van der Waals surface area contributed by atoms with E-state index in [-0.39, 0.29) is 5.82 Å². The molecule has 98 valence electrons. The number of benzene rings is 1. The van der Waals surface area contributed by atoms with E-state index in [1.54, 1.807) is 12.1 Å². The fourth-order valence-corrected chi connectivity index (χ4v) is 2.60. The van der Waals surface area contributed by atoms with Gasteiger partial charge in [0.2, 0.25) is 0 Å². The van der Waals surface area contributed by atoms with Crippen LogP contribution in [0.1, 0.15) is 29.6 Å². The van der Waals surface area contributed by atoms with Crippen LogP contribution < -0.4 is 4.90 Å². The second kappa shape index (κ2) is 4.96. The molecule has 1 fully saturated rings. The minimum atomic E-state index is -0.308. The molecule has 3 nitrogen and oxygen atoms in total. The number of carbonyl (C=O) groups is 1. The third-order valence-corrected chi connectivity index (χ3v) is 3.57. The fraction of sp³-hybridized carbons (Fsp3) is 0.333. The molecule has 0 atom stereocenters. The van der Waals surface area contributed by atoms with Crippen LogP contribution in [0.2, 0.25) is 0 Å². The second-order valence-electron chi connectivity index (χ2n) is 4.90. The normalized spacial score (nSPS) is 15.7. The predicted molar refractivity (Wildman–Crippen MR) is 73.2 cm³/mol. The standard InChI is InChI=1S/C15H15FN2O/c16-13-4-5-14-11(9-13)8-12(10-19)15(17-14)18-6-2-1-3-7-18/h4-5,8-10H,1-3,6-7H2. The topological polar surface area (TPSA) is 33.2 Å². The lowest BCUT2D eigenvalue weighted by molar-refractivity contribution is 0.112. The summed E-state index contributed by atoms with van der Waals surface area (Å²) in [6.07, 6.45) is 4.29. The largest absolute Gasteiger partial charge is 0.356 e. The number of halogens is 1. The van der Waals surface area contributed by atoms with Crippen molar-refractivity contribution in [3.8, 4) is 0 Å². The van der Waals surface area contributed by atoms with Crippen molar-refractivity contribution in [2.24, 2.45) is 0 Å². The van der Waals surface area contributed by atoms with Crippen LogP contribution in [0.15, 0.2) is 24.3 Å². The number of hydrogen-bond donors (Lipinski definition) is 0. The molecule has 0 radical (unpaired) electrons. The van der Waals surface area contributed by atoms with E-state index in [9.17, 15) is 9.18 Å². The lowest BCUT2D eigenvalue weighted by Crippen LogP contribution is -2.31. The summed E-state index contributed by atoms with van der Waals surface area (Å²) in [4.78, 5) is 17.9. The first-order valence-corrected chi connectivity index (χ1v) is 6.58. The monoisotopic (exact) mass is 258 g/mol. The highest BCUT2D eigenvalue weighted by Crippen LogP contribution is 2.25. The Kier molecular flexibility index (Phi) is 3.15. The van der Waals surface area contributed by atoms with Gasteiger partial charge < -0.3 is 4.90 Å². The van der Waals surface area contributed by atoms with E-state index in [1.165, 1.54) is 18.6 Å². The third kappa shape index (κ3) is 2.30. The zero-order valence-corrected chi connectivity index (χ0v) is 10.6. The van der Waals surface area contributed by atoms with Gasteiger partial charge in [-0.25, -0.2) is 9.37 Å². The minimum absolute atomic E-state index is 0.308. The van der Waals surface area contributed by atoms with Crippen molar-refractivity contribution in [2.75, 3.05) is 18.0 Å². The molecule has 4 heteroatoms. The molecule has 3 rings (SSSR count). The Morgan fingerprint density at radius 1 is 1.16 bits per heavy atom. The molecule has 1 saturated heterocycles. The Morgan fingerprint density at radius 3 is 2.68 bits per heavy atom. The number of hydrogen-bond acceptors (Lipinski definition) is 3. The molecule has 0 unspecified atom stereocenters. The van der Waals surface area contributed by atoms with E-state index in [0.29, 0.717) is 10.9 Å². The number of aromatic nitrogens is 1. The van der Waals surface area contributed by atoms with Gasteiger partial charge in [0.05, 0.1) is 11.1 Å². The van der Waals surface area contributed by atoms with E-state index >= 15 is 0 Å². The first kappa shape index (κ1) is 12.1.